The molecule has 1 nitrogen and oxygen atoms in total. The molecule has 1 aliphatic carbocycles. The van der Waals surface area contributed by atoms with Crippen molar-refractivity contribution in [3.63, 3.8) is 0 Å². The Morgan fingerprint density at radius 1 is 0.815 bits per heavy atom. The molecule has 144 valence electrons. The number of rotatable bonds is 2. The van der Waals surface area contributed by atoms with Crippen LogP contribution in [0.25, 0.3) is 11.3 Å². The molecule has 0 spiro atoms. The summed E-state index contributed by atoms with van der Waals surface area (Å²) in [6, 6.07) is 11.8. The second kappa shape index (κ2) is 6.19. The smallest absolute Gasteiger partial charge is 0.198 e. The maximum absolute atomic E-state index is 2.58. The summed E-state index contributed by atoms with van der Waals surface area (Å²) in [4.78, 5) is 0. The predicted octanol–water partition coefficient (Wildman–Crippen LogP) is 6.45. The second-order valence-corrected chi connectivity index (χ2v) is 10.2. The molecule has 0 saturated carbocycles. The third-order valence-electron chi connectivity index (χ3n) is 7.96. The average molecular weight is 363 g/mol. The van der Waals surface area contributed by atoms with Crippen LogP contribution in [0, 0.1) is 0 Å². The first-order valence-corrected chi connectivity index (χ1v) is 10.9. The SMILES string of the molecule is CCC1(CC)CC[n+]2cc3c(cc2-c2ccccc21)C(C)(C)CCC3(C)C. The molecule has 0 saturated heterocycles. The molecule has 0 N–H and O–H groups in total. The molecule has 0 atom stereocenters. The van der Waals surface area contributed by atoms with Crippen molar-refractivity contribution in [3.8, 4) is 11.3 Å². The average Bonchev–Trinajstić information content (AvgIpc) is 2.80. The van der Waals surface area contributed by atoms with Crippen molar-refractivity contribution in [2.24, 2.45) is 0 Å². The Bertz CT molecular complexity index is 868. The zero-order chi connectivity index (χ0) is 19.4. The number of hydrogen-bond donors (Lipinski definition) is 0. The zero-order valence-corrected chi connectivity index (χ0v) is 18.2. The lowest BCUT2D eigenvalue weighted by Crippen LogP contribution is -2.43. The lowest BCUT2D eigenvalue weighted by atomic mass is 9.63. The minimum atomic E-state index is 0.258. The summed E-state index contributed by atoms with van der Waals surface area (Å²) >= 11 is 0. The highest BCUT2D eigenvalue weighted by atomic mass is 15.0. The fraction of sp³-hybridized carbons (Fsp3) is 0.577. The molecule has 1 aromatic carbocycles. The van der Waals surface area contributed by atoms with E-state index in [-0.39, 0.29) is 10.8 Å². The fourth-order valence-electron chi connectivity index (χ4n) is 5.63. The summed E-state index contributed by atoms with van der Waals surface area (Å²) in [6.07, 6.45) is 8.72. The maximum Gasteiger partial charge on any atom is 0.213 e. The van der Waals surface area contributed by atoms with E-state index in [1.165, 1.54) is 43.4 Å². The van der Waals surface area contributed by atoms with Gasteiger partial charge in [-0.25, -0.2) is 0 Å². The van der Waals surface area contributed by atoms with Gasteiger partial charge in [-0.15, -0.1) is 0 Å². The van der Waals surface area contributed by atoms with Gasteiger partial charge in [0.1, 0.15) is 6.54 Å². The number of benzene rings is 1. The van der Waals surface area contributed by atoms with E-state index in [0.29, 0.717) is 5.41 Å². The first-order valence-electron chi connectivity index (χ1n) is 10.9. The normalized spacial score (nSPS) is 21.6. The number of pyridine rings is 1. The van der Waals surface area contributed by atoms with E-state index in [4.69, 9.17) is 0 Å². The van der Waals surface area contributed by atoms with Gasteiger partial charge in [-0.2, -0.15) is 4.57 Å². The van der Waals surface area contributed by atoms with Crippen LogP contribution in [0.5, 0.6) is 0 Å². The van der Waals surface area contributed by atoms with Crippen molar-refractivity contribution in [2.75, 3.05) is 0 Å². The molecule has 27 heavy (non-hydrogen) atoms. The minimum Gasteiger partial charge on any atom is -0.198 e. The highest BCUT2D eigenvalue weighted by Crippen LogP contribution is 2.48. The number of hydrogen-bond acceptors (Lipinski definition) is 0. The Kier molecular flexibility index (Phi) is 4.29. The van der Waals surface area contributed by atoms with Gasteiger partial charge in [0.05, 0.1) is 0 Å². The van der Waals surface area contributed by atoms with Crippen LogP contribution >= 0.6 is 0 Å². The van der Waals surface area contributed by atoms with Gasteiger partial charge < -0.3 is 0 Å². The van der Waals surface area contributed by atoms with E-state index in [1.807, 2.05) is 0 Å². The Labute approximate surface area is 165 Å². The van der Waals surface area contributed by atoms with Crippen LogP contribution in [-0.2, 0) is 22.8 Å². The molecular weight excluding hydrogens is 326 g/mol. The van der Waals surface area contributed by atoms with Gasteiger partial charge in [-0.1, -0.05) is 59.7 Å². The molecule has 1 aromatic heterocycles. The highest BCUT2D eigenvalue weighted by Gasteiger charge is 2.42. The minimum absolute atomic E-state index is 0.258. The molecule has 0 amide bonds. The third kappa shape index (κ3) is 2.77. The van der Waals surface area contributed by atoms with Crippen molar-refractivity contribution in [3.05, 3.63) is 53.2 Å². The predicted molar refractivity (Wildman–Crippen MR) is 114 cm³/mol. The molecule has 2 aromatic rings. The number of aromatic nitrogens is 1. The highest BCUT2D eigenvalue weighted by molar-refractivity contribution is 5.65. The largest absolute Gasteiger partial charge is 0.213 e. The number of aryl methyl sites for hydroxylation is 1. The lowest BCUT2D eigenvalue weighted by Gasteiger charge is -2.40. The van der Waals surface area contributed by atoms with Gasteiger partial charge in [-0.05, 0) is 53.7 Å². The summed E-state index contributed by atoms with van der Waals surface area (Å²) in [5, 5.41) is 0. The van der Waals surface area contributed by atoms with Crippen molar-refractivity contribution in [1.82, 2.24) is 0 Å². The van der Waals surface area contributed by atoms with Crippen molar-refractivity contribution < 1.29 is 4.57 Å². The van der Waals surface area contributed by atoms with Crippen molar-refractivity contribution >= 4 is 0 Å². The van der Waals surface area contributed by atoms with Crippen LogP contribution in [-0.4, -0.2) is 0 Å². The Morgan fingerprint density at radius 2 is 1.44 bits per heavy atom. The molecule has 0 bridgehead atoms. The molecule has 4 rings (SSSR count). The summed E-state index contributed by atoms with van der Waals surface area (Å²) in [7, 11) is 0. The summed E-state index contributed by atoms with van der Waals surface area (Å²) in [5.41, 5.74) is 8.42. The molecule has 1 heteroatoms. The summed E-state index contributed by atoms with van der Waals surface area (Å²) in [5.74, 6) is 0. The van der Waals surface area contributed by atoms with E-state index in [2.05, 4.69) is 82.6 Å². The molecule has 0 radical (unpaired) electrons. The number of fused-ring (bicyclic) bond motifs is 4. The summed E-state index contributed by atoms with van der Waals surface area (Å²) in [6.45, 7) is 15.6. The van der Waals surface area contributed by atoms with Crippen LogP contribution in [0.2, 0.25) is 0 Å². The van der Waals surface area contributed by atoms with Gasteiger partial charge in [0.15, 0.2) is 6.20 Å². The monoisotopic (exact) mass is 362 g/mol. The second-order valence-electron chi connectivity index (χ2n) is 10.2. The molecule has 2 aliphatic rings. The maximum atomic E-state index is 2.58. The molecular formula is C26H36N+. The topological polar surface area (TPSA) is 3.88 Å². The first kappa shape index (κ1) is 18.7. The fourth-order valence-corrected chi connectivity index (χ4v) is 5.63. The van der Waals surface area contributed by atoms with E-state index < -0.39 is 0 Å². The van der Waals surface area contributed by atoms with Crippen LogP contribution in [0.4, 0.5) is 0 Å². The van der Waals surface area contributed by atoms with E-state index in [9.17, 15) is 0 Å². The van der Waals surface area contributed by atoms with Gasteiger partial charge in [0.2, 0.25) is 5.69 Å². The van der Waals surface area contributed by atoms with Crippen molar-refractivity contribution in [1.29, 1.82) is 0 Å². The van der Waals surface area contributed by atoms with Gasteiger partial charge >= 0.3 is 0 Å². The quantitative estimate of drug-likeness (QED) is 0.540. The summed E-state index contributed by atoms with van der Waals surface area (Å²) < 4.78 is 2.58. The Hall–Kier alpha value is -1.63. The Balaban J connectivity index is 2.01. The van der Waals surface area contributed by atoms with Crippen LogP contribution in [0.15, 0.2) is 36.5 Å². The number of nitrogens with zero attached hydrogens (tertiary/aromatic N) is 1. The Morgan fingerprint density at radius 3 is 2.11 bits per heavy atom. The van der Waals surface area contributed by atoms with Crippen LogP contribution in [0.3, 0.4) is 0 Å². The van der Waals surface area contributed by atoms with Crippen LogP contribution in [0.1, 0.15) is 90.3 Å². The van der Waals surface area contributed by atoms with Gasteiger partial charge in [0, 0.05) is 29.0 Å². The molecule has 0 fully saturated rings. The van der Waals surface area contributed by atoms with E-state index >= 15 is 0 Å². The van der Waals surface area contributed by atoms with Crippen LogP contribution < -0.4 is 4.57 Å². The van der Waals surface area contributed by atoms with Gasteiger partial charge in [-0.3, -0.25) is 0 Å². The van der Waals surface area contributed by atoms with E-state index in [0.717, 1.165) is 6.54 Å². The zero-order valence-electron chi connectivity index (χ0n) is 18.2. The molecule has 0 unspecified atom stereocenters. The van der Waals surface area contributed by atoms with E-state index in [1.54, 1.807) is 16.7 Å². The lowest BCUT2D eigenvalue weighted by molar-refractivity contribution is -0.687. The first-order chi connectivity index (χ1) is 12.7. The standard InChI is InChI=1S/C26H36N/c1-7-26(8-2)15-16-27-18-22-21(24(3,4)13-14-25(22,5)6)17-23(27)19-11-9-10-12-20(19)26/h9-12,17-18H,7-8,13-16H2,1-6H3/q+1. The van der Waals surface area contributed by atoms with Gasteiger partial charge in [0.25, 0.3) is 0 Å². The van der Waals surface area contributed by atoms with Crippen molar-refractivity contribution in [2.45, 2.75) is 96.4 Å². The molecule has 2 heterocycles. The third-order valence-corrected chi connectivity index (χ3v) is 7.96. The molecule has 1 aliphatic heterocycles.